The summed E-state index contributed by atoms with van der Waals surface area (Å²) in [6.45, 7) is 0.981. The molecule has 3 amide bonds. The SMILES string of the molecule is O=C(NCc1nncn1-c1ccccc1)Nc1ccc(N2CCCC2=O)cc1. The minimum Gasteiger partial charge on any atom is -0.331 e. The molecule has 3 aromatic rings. The molecule has 8 nitrogen and oxygen atoms in total. The number of urea groups is 1. The van der Waals surface area contributed by atoms with Crippen LogP contribution in [0, 0.1) is 0 Å². The number of nitrogens with zero attached hydrogens (tertiary/aromatic N) is 4. The van der Waals surface area contributed by atoms with Gasteiger partial charge in [-0.15, -0.1) is 10.2 Å². The second-order valence-corrected chi connectivity index (χ2v) is 6.46. The van der Waals surface area contributed by atoms with Gasteiger partial charge in [-0.2, -0.15) is 0 Å². The normalized spacial score (nSPS) is 13.6. The van der Waals surface area contributed by atoms with Gasteiger partial charge in [-0.1, -0.05) is 18.2 Å². The predicted octanol–water partition coefficient (Wildman–Crippen LogP) is 2.72. The molecule has 0 atom stereocenters. The van der Waals surface area contributed by atoms with E-state index in [-0.39, 0.29) is 18.5 Å². The van der Waals surface area contributed by atoms with E-state index >= 15 is 0 Å². The molecule has 1 aliphatic rings. The summed E-state index contributed by atoms with van der Waals surface area (Å²) in [6, 6.07) is 16.6. The molecule has 1 aliphatic heterocycles. The lowest BCUT2D eigenvalue weighted by atomic mass is 10.2. The molecule has 0 saturated carbocycles. The fraction of sp³-hybridized carbons (Fsp3) is 0.200. The van der Waals surface area contributed by atoms with Crippen LogP contribution < -0.4 is 15.5 Å². The zero-order chi connectivity index (χ0) is 19.3. The third kappa shape index (κ3) is 3.85. The van der Waals surface area contributed by atoms with Gasteiger partial charge < -0.3 is 15.5 Å². The summed E-state index contributed by atoms with van der Waals surface area (Å²) in [5, 5.41) is 13.6. The summed E-state index contributed by atoms with van der Waals surface area (Å²) in [4.78, 5) is 25.8. The Labute approximate surface area is 162 Å². The van der Waals surface area contributed by atoms with E-state index < -0.39 is 0 Å². The second kappa shape index (κ2) is 7.91. The number of para-hydroxylation sites is 1. The van der Waals surface area contributed by atoms with Crippen molar-refractivity contribution in [3.8, 4) is 5.69 Å². The Morgan fingerprint density at radius 2 is 1.82 bits per heavy atom. The van der Waals surface area contributed by atoms with Crippen LogP contribution in [0.1, 0.15) is 18.7 Å². The fourth-order valence-corrected chi connectivity index (χ4v) is 3.16. The summed E-state index contributed by atoms with van der Waals surface area (Å²) < 4.78 is 1.82. The minimum atomic E-state index is -0.340. The highest BCUT2D eigenvalue weighted by molar-refractivity contribution is 5.96. The van der Waals surface area contributed by atoms with Gasteiger partial charge in [0.15, 0.2) is 5.82 Å². The number of hydrogen-bond acceptors (Lipinski definition) is 4. The molecule has 0 bridgehead atoms. The van der Waals surface area contributed by atoms with E-state index in [2.05, 4.69) is 20.8 Å². The second-order valence-electron chi connectivity index (χ2n) is 6.46. The fourth-order valence-electron chi connectivity index (χ4n) is 3.16. The maximum absolute atomic E-state index is 12.2. The molecule has 2 aromatic carbocycles. The molecule has 1 saturated heterocycles. The lowest BCUT2D eigenvalue weighted by molar-refractivity contribution is -0.117. The molecule has 8 heteroatoms. The Balaban J connectivity index is 1.34. The van der Waals surface area contributed by atoms with Gasteiger partial charge in [-0.05, 0) is 42.8 Å². The van der Waals surface area contributed by atoms with Crippen LogP contribution in [-0.4, -0.2) is 33.2 Å². The van der Waals surface area contributed by atoms with E-state index in [0.29, 0.717) is 17.9 Å². The molecule has 2 heterocycles. The molecule has 1 aromatic heterocycles. The van der Waals surface area contributed by atoms with Crippen molar-refractivity contribution in [3.05, 3.63) is 66.7 Å². The monoisotopic (exact) mass is 376 g/mol. The van der Waals surface area contributed by atoms with Crippen LogP contribution in [-0.2, 0) is 11.3 Å². The Bertz CT molecular complexity index is 968. The largest absolute Gasteiger partial charge is 0.331 e. The van der Waals surface area contributed by atoms with Gasteiger partial charge in [0.25, 0.3) is 0 Å². The first kappa shape index (κ1) is 17.7. The zero-order valence-corrected chi connectivity index (χ0v) is 15.2. The third-order valence-corrected chi connectivity index (χ3v) is 4.57. The summed E-state index contributed by atoms with van der Waals surface area (Å²) in [7, 11) is 0. The number of benzene rings is 2. The van der Waals surface area contributed by atoms with E-state index in [1.165, 1.54) is 0 Å². The van der Waals surface area contributed by atoms with E-state index in [0.717, 1.165) is 24.3 Å². The number of aromatic nitrogens is 3. The molecular weight excluding hydrogens is 356 g/mol. The molecule has 0 unspecified atom stereocenters. The quantitative estimate of drug-likeness (QED) is 0.716. The molecular formula is C20H20N6O2. The highest BCUT2D eigenvalue weighted by Gasteiger charge is 2.21. The first-order valence-electron chi connectivity index (χ1n) is 9.10. The molecule has 1 fully saturated rings. The first-order chi connectivity index (χ1) is 13.7. The summed E-state index contributed by atoms with van der Waals surface area (Å²) in [5.41, 5.74) is 2.43. The lowest BCUT2D eigenvalue weighted by Gasteiger charge is -2.16. The van der Waals surface area contributed by atoms with Crippen molar-refractivity contribution in [2.45, 2.75) is 19.4 Å². The van der Waals surface area contributed by atoms with Crippen LogP contribution >= 0.6 is 0 Å². The number of amides is 3. The third-order valence-electron chi connectivity index (χ3n) is 4.57. The van der Waals surface area contributed by atoms with Crippen LogP contribution in [0.2, 0.25) is 0 Å². The van der Waals surface area contributed by atoms with Gasteiger partial charge in [-0.25, -0.2) is 4.79 Å². The van der Waals surface area contributed by atoms with Crippen LogP contribution in [0.3, 0.4) is 0 Å². The zero-order valence-electron chi connectivity index (χ0n) is 15.2. The van der Waals surface area contributed by atoms with Gasteiger partial charge in [0.1, 0.15) is 6.33 Å². The Morgan fingerprint density at radius 3 is 2.54 bits per heavy atom. The predicted molar refractivity (Wildman–Crippen MR) is 105 cm³/mol. The number of anilines is 2. The van der Waals surface area contributed by atoms with Crippen LogP contribution in [0.4, 0.5) is 16.2 Å². The average Bonchev–Trinajstić information content (AvgIpc) is 3.36. The van der Waals surface area contributed by atoms with E-state index in [1.54, 1.807) is 23.4 Å². The molecule has 0 radical (unpaired) electrons. The molecule has 28 heavy (non-hydrogen) atoms. The topological polar surface area (TPSA) is 92.2 Å². The van der Waals surface area contributed by atoms with Crippen LogP contribution in [0.5, 0.6) is 0 Å². The number of carbonyl (C=O) groups excluding carboxylic acids is 2. The molecule has 142 valence electrons. The Hall–Kier alpha value is -3.68. The van der Waals surface area contributed by atoms with Crippen molar-refractivity contribution >= 4 is 23.3 Å². The number of hydrogen-bond donors (Lipinski definition) is 2. The first-order valence-corrected chi connectivity index (χ1v) is 9.10. The minimum absolute atomic E-state index is 0.140. The van der Waals surface area contributed by atoms with Gasteiger partial charge in [-0.3, -0.25) is 9.36 Å². The maximum atomic E-state index is 12.2. The van der Waals surface area contributed by atoms with Crippen molar-refractivity contribution in [2.24, 2.45) is 0 Å². The summed E-state index contributed by atoms with van der Waals surface area (Å²) in [5.74, 6) is 0.769. The van der Waals surface area contributed by atoms with E-state index in [9.17, 15) is 9.59 Å². The molecule has 2 N–H and O–H groups in total. The van der Waals surface area contributed by atoms with Gasteiger partial charge >= 0.3 is 6.03 Å². The van der Waals surface area contributed by atoms with Crippen molar-refractivity contribution in [1.29, 1.82) is 0 Å². The lowest BCUT2D eigenvalue weighted by Crippen LogP contribution is -2.29. The average molecular weight is 376 g/mol. The number of carbonyl (C=O) groups is 2. The summed E-state index contributed by atoms with van der Waals surface area (Å²) in [6.07, 6.45) is 3.09. The van der Waals surface area contributed by atoms with Crippen molar-refractivity contribution in [2.75, 3.05) is 16.8 Å². The smallest absolute Gasteiger partial charge is 0.319 e. The molecule has 0 aliphatic carbocycles. The summed E-state index contributed by atoms with van der Waals surface area (Å²) >= 11 is 0. The standard InChI is InChI=1S/C20H20N6O2/c27-19-7-4-12-25(19)17-10-8-15(9-11-17)23-20(28)21-13-18-24-22-14-26(18)16-5-2-1-3-6-16/h1-3,5-6,8-11,14H,4,7,12-13H2,(H2,21,23,28). The highest BCUT2D eigenvalue weighted by atomic mass is 16.2. The molecule has 4 rings (SSSR count). The van der Waals surface area contributed by atoms with Crippen molar-refractivity contribution < 1.29 is 9.59 Å². The van der Waals surface area contributed by atoms with E-state index in [4.69, 9.17) is 0 Å². The van der Waals surface area contributed by atoms with Crippen LogP contribution in [0.25, 0.3) is 5.69 Å². The number of nitrogens with one attached hydrogen (secondary N) is 2. The Kier molecular flexibility index (Phi) is 5.01. The number of rotatable bonds is 5. The van der Waals surface area contributed by atoms with Crippen molar-refractivity contribution in [3.63, 3.8) is 0 Å². The van der Waals surface area contributed by atoms with Gasteiger partial charge in [0.05, 0.1) is 6.54 Å². The highest BCUT2D eigenvalue weighted by Crippen LogP contribution is 2.23. The maximum Gasteiger partial charge on any atom is 0.319 e. The van der Waals surface area contributed by atoms with Crippen molar-refractivity contribution in [1.82, 2.24) is 20.1 Å². The van der Waals surface area contributed by atoms with Gasteiger partial charge in [0, 0.05) is 30.0 Å². The van der Waals surface area contributed by atoms with E-state index in [1.807, 2.05) is 47.0 Å². The van der Waals surface area contributed by atoms with Crippen LogP contribution in [0.15, 0.2) is 60.9 Å². The Morgan fingerprint density at radius 1 is 1.04 bits per heavy atom. The van der Waals surface area contributed by atoms with Gasteiger partial charge in [0.2, 0.25) is 5.91 Å². The molecule has 0 spiro atoms.